The van der Waals surface area contributed by atoms with Gasteiger partial charge in [-0.3, -0.25) is 4.68 Å². The topological polar surface area (TPSA) is 29.9 Å². The molecule has 0 atom stereocenters. The number of hydrogen-bond donors (Lipinski definition) is 1. The minimum absolute atomic E-state index is 0.766. The summed E-state index contributed by atoms with van der Waals surface area (Å²) in [6.45, 7) is 3.86. The van der Waals surface area contributed by atoms with Gasteiger partial charge in [-0.1, -0.05) is 24.3 Å². The van der Waals surface area contributed by atoms with Crippen LogP contribution in [0.25, 0.3) is 0 Å². The Morgan fingerprint density at radius 1 is 1.28 bits per heavy atom. The molecule has 1 aliphatic rings. The van der Waals surface area contributed by atoms with Crippen LogP contribution in [0.1, 0.15) is 29.7 Å². The molecule has 1 aromatic carbocycles. The quantitative estimate of drug-likeness (QED) is 0.871. The summed E-state index contributed by atoms with van der Waals surface area (Å²) in [5.74, 6) is 0. The molecule has 18 heavy (non-hydrogen) atoms. The molecular formula is C15H19N3. The van der Waals surface area contributed by atoms with Crippen LogP contribution in [0.15, 0.2) is 36.5 Å². The standard InChI is InChI=1S/C15H19N3/c1-12-7-8-18(17-12)11-14-4-2-3-13(9-14)10-16-15-5-6-15/h2-4,7-9,15-16H,5-6,10-11H2,1H3. The highest BCUT2D eigenvalue weighted by Gasteiger charge is 2.19. The molecule has 3 heteroatoms. The summed E-state index contributed by atoms with van der Waals surface area (Å²) in [7, 11) is 0. The van der Waals surface area contributed by atoms with Gasteiger partial charge in [0.05, 0.1) is 12.2 Å². The van der Waals surface area contributed by atoms with Gasteiger partial charge in [-0.2, -0.15) is 5.10 Å². The summed E-state index contributed by atoms with van der Waals surface area (Å²) in [5, 5.41) is 7.97. The smallest absolute Gasteiger partial charge is 0.0659 e. The van der Waals surface area contributed by atoms with Crippen LogP contribution >= 0.6 is 0 Å². The van der Waals surface area contributed by atoms with Crippen molar-refractivity contribution in [1.29, 1.82) is 0 Å². The summed E-state index contributed by atoms with van der Waals surface area (Å²) in [6, 6.07) is 11.6. The van der Waals surface area contributed by atoms with E-state index in [9.17, 15) is 0 Å². The highest BCUT2D eigenvalue weighted by Crippen LogP contribution is 2.19. The number of nitrogens with one attached hydrogen (secondary N) is 1. The van der Waals surface area contributed by atoms with E-state index in [4.69, 9.17) is 0 Å². The number of benzene rings is 1. The SMILES string of the molecule is Cc1ccn(Cc2cccc(CNC3CC3)c2)n1. The van der Waals surface area contributed by atoms with Crippen molar-refractivity contribution in [2.24, 2.45) is 0 Å². The van der Waals surface area contributed by atoms with Crippen LogP contribution < -0.4 is 5.32 Å². The first-order valence-corrected chi connectivity index (χ1v) is 6.61. The third kappa shape index (κ3) is 2.99. The van der Waals surface area contributed by atoms with E-state index in [1.165, 1.54) is 24.0 Å². The van der Waals surface area contributed by atoms with Crippen LogP contribution in [0.4, 0.5) is 0 Å². The lowest BCUT2D eigenvalue weighted by Crippen LogP contribution is -2.15. The first-order chi connectivity index (χ1) is 8.79. The maximum absolute atomic E-state index is 4.42. The maximum Gasteiger partial charge on any atom is 0.0659 e. The largest absolute Gasteiger partial charge is 0.310 e. The lowest BCUT2D eigenvalue weighted by molar-refractivity contribution is 0.670. The van der Waals surface area contributed by atoms with Crippen LogP contribution in [0.3, 0.4) is 0 Å². The van der Waals surface area contributed by atoms with Gasteiger partial charge < -0.3 is 5.32 Å². The molecule has 3 rings (SSSR count). The zero-order valence-corrected chi connectivity index (χ0v) is 10.8. The van der Waals surface area contributed by atoms with Crippen LogP contribution in [-0.4, -0.2) is 15.8 Å². The maximum atomic E-state index is 4.42. The molecule has 94 valence electrons. The molecule has 0 amide bonds. The van der Waals surface area contributed by atoms with E-state index in [0.717, 1.165) is 24.8 Å². The lowest BCUT2D eigenvalue weighted by atomic mass is 10.1. The van der Waals surface area contributed by atoms with Gasteiger partial charge in [0.1, 0.15) is 0 Å². The predicted octanol–water partition coefficient (Wildman–Crippen LogP) is 2.49. The number of nitrogens with zero attached hydrogens (tertiary/aromatic N) is 2. The van der Waals surface area contributed by atoms with Crippen molar-refractivity contribution in [2.45, 2.75) is 38.9 Å². The van der Waals surface area contributed by atoms with Gasteiger partial charge in [-0.25, -0.2) is 0 Å². The molecule has 0 unspecified atom stereocenters. The predicted molar refractivity (Wildman–Crippen MR) is 72.4 cm³/mol. The van der Waals surface area contributed by atoms with Crippen molar-refractivity contribution < 1.29 is 0 Å². The number of aromatic nitrogens is 2. The van der Waals surface area contributed by atoms with Gasteiger partial charge in [0, 0.05) is 18.8 Å². The second-order valence-electron chi connectivity index (χ2n) is 5.13. The van der Waals surface area contributed by atoms with Crippen molar-refractivity contribution in [1.82, 2.24) is 15.1 Å². The van der Waals surface area contributed by atoms with Crippen LogP contribution in [-0.2, 0) is 13.1 Å². The van der Waals surface area contributed by atoms with E-state index < -0.39 is 0 Å². The Bertz CT molecular complexity index is 526. The lowest BCUT2D eigenvalue weighted by Gasteiger charge is -2.06. The van der Waals surface area contributed by atoms with E-state index in [2.05, 4.69) is 34.7 Å². The zero-order chi connectivity index (χ0) is 12.4. The van der Waals surface area contributed by atoms with Gasteiger partial charge in [-0.15, -0.1) is 0 Å². The monoisotopic (exact) mass is 241 g/mol. The third-order valence-electron chi connectivity index (χ3n) is 3.28. The van der Waals surface area contributed by atoms with Gasteiger partial charge in [0.2, 0.25) is 0 Å². The highest BCUT2D eigenvalue weighted by atomic mass is 15.3. The first kappa shape index (κ1) is 11.5. The van der Waals surface area contributed by atoms with Gasteiger partial charge in [0.25, 0.3) is 0 Å². The van der Waals surface area contributed by atoms with Crippen molar-refractivity contribution in [3.8, 4) is 0 Å². The second kappa shape index (κ2) is 4.94. The molecule has 0 spiro atoms. The molecule has 1 aromatic heterocycles. The van der Waals surface area contributed by atoms with Crippen molar-refractivity contribution >= 4 is 0 Å². The Hall–Kier alpha value is -1.61. The molecule has 0 radical (unpaired) electrons. The van der Waals surface area contributed by atoms with Gasteiger partial charge in [-0.05, 0) is 37.0 Å². The normalized spacial score (nSPS) is 14.9. The Balaban J connectivity index is 1.65. The van der Waals surface area contributed by atoms with Gasteiger partial charge >= 0.3 is 0 Å². The second-order valence-corrected chi connectivity index (χ2v) is 5.13. The zero-order valence-electron chi connectivity index (χ0n) is 10.8. The van der Waals surface area contributed by atoms with Crippen molar-refractivity contribution in [3.05, 3.63) is 53.3 Å². The van der Waals surface area contributed by atoms with E-state index in [1.807, 2.05) is 23.9 Å². The number of aryl methyl sites for hydroxylation is 1. The minimum atomic E-state index is 0.766. The highest BCUT2D eigenvalue weighted by molar-refractivity contribution is 5.23. The summed E-state index contributed by atoms with van der Waals surface area (Å²) < 4.78 is 1.99. The van der Waals surface area contributed by atoms with Crippen molar-refractivity contribution in [3.63, 3.8) is 0 Å². The summed E-state index contributed by atoms with van der Waals surface area (Å²) in [4.78, 5) is 0. The average molecular weight is 241 g/mol. The molecule has 1 N–H and O–H groups in total. The Labute approximate surface area is 108 Å². The molecule has 0 aliphatic heterocycles. The molecule has 0 saturated heterocycles. The molecule has 1 fully saturated rings. The molecule has 2 aromatic rings. The Morgan fingerprint density at radius 3 is 2.83 bits per heavy atom. The molecule has 1 heterocycles. The van der Waals surface area contributed by atoms with Crippen LogP contribution in [0.5, 0.6) is 0 Å². The van der Waals surface area contributed by atoms with Gasteiger partial charge in [0.15, 0.2) is 0 Å². The molecule has 1 saturated carbocycles. The Morgan fingerprint density at radius 2 is 2.11 bits per heavy atom. The number of rotatable bonds is 5. The molecule has 0 bridgehead atoms. The summed E-state index contributed by atoms with van der Waals surface area (Å²) in [5.41, 5.74) is 3.75. The van der Waals surface area contributed by atoms with Crippen molar-refractivity contribution in [2.75, 3.05) is 0 Å². The third-order valence-corrected chi connectivity index (χ3v) is 3.28. The molecular weight excluding hydrogens is 222 g/mol. The van der Waals surface area contributed by atoms with Crippen LogP contribution in [0, 0.1) is 6.92 Å². The van der Waals surface area contributed by atoms with E-state index in [-0.39, 0.29) is 0 Å². The molecule has 3 nitrogen and oxygen atoms in total. The van der Waals surface area contributed by atoms with E-state index >= 15 is 0 Å². The van der Waals surface area contributed by atoms with E-state index in [0.29, 0.717) is 0 Å². The first-order valence-electron chi connectivity index (χ1n) is 6.61. The van der Waals surface area contributed by atoms with E-state index in [1.54, 1.807) is 0 Å². The fourth-order valence-electron chi connectivity index (χ4n) is 2.13. The molecule has 1 aliphatic carbocycles. The Kier molecular flexibility index (Phi) is 3.15. The minimum Gasteiger partial charge on any atom is -0.310 e. The summed E-state index contributed by atoms with van der Waals surface area (Å²) in [6.07, 6.45) is 4.71. The average Bonchev–Trinajstić information content (AvgIpc) is 3.11. The van der Waals surface area contributed by atoms with Crippen LogP contribution in [0.2, 0.25) is 0 Å². The number of hydrogen-bond acceptors (Lipinski definition) is 2. The summed E-state index contributed by atoms with van der Waals surface area (Å²) >= 11 is 0. The fraction of sp³-hybridized carbons (Fsp3) is 0.400. The fourth-order valence-corrected chi connectivity index (χ4v) is 2.13.